The Hall–Kier alpha value is -0.170. The van der Waals surface area contributed by atoms with Gasteiger partial charge >= 0.3 is 0 Å². The van der Waals surface area contributed by atoms with E-state index < -0.39 is 10.2 Å². The lowest BCUT2D eigenvalue weighted by atomic mass is 10.0. The molecule has 0 bridgehead atoms. The van der Waals surface area contributed by atoms with Crippen molar-refractivity contribution in [2.45, 2.75) is 26.2 Å². The summed E-state index contributed by atoms with van der Waals surface area (Å²) in [6.45, 7) is 5.42. The molecule has 2 fully saturated rings. The standard InChI is InChI=1S/C11H22N2O3S/c1-10-2-5-13(6-3-10)17(14,15)12-8-11-4-7-16-9-11/h10-12H,2-9H2,1H3. The van der Waals surface area contributed by atoms with E-state index in [-0.39, 0.29) is 0 Å². The van der Waals surface area contributed by atoms with Crippen LogP contribution in [0.5, 0.6) is 0 Å². The Morgan fingerprint density at radius 1 is 1.29 bits per heavy atom. The first kappa shape index (κ1) is 13.3. The van der Waals surface area contributed by atoms with Crippen LogP contribution >= 0.6 is 0 Å². The highest BCUT2D eigenvalue weighted by Crippen LogP contribution is 2.18. The Balaban J connectivity index is 1.81. The van der Waals surface area contributed by atoms with Crippen molar-refractivity contribution in [1.82, 2.24) is 9.03 Å². The van der Waals surface area contributed by atoms with E-state index in [0.717, 1.165) is 25.9 Å². The molecule has 6 heteroatoms. The quantitative estimate of drug-likeness (QED) is 0.806. The van der Waals surface area contributed by atoms with Gasteiger partial charge in [-0.1, -0.05) is 6.92 Å². The van der Waals surface area contributed by atoms with Crippen LogP contribution in [0.3, 0.4) is 0 Å². The van der Waals surface area contributed by atoms with Gasteiger partial charge in [0.25, 0.3) is 10.2 Å². The van der Waals surface area contributed by atoms with Crippen LogP contribution in [0.15, 0.2) is 0 Å². The maximum absolute atomic E-state index is 12.0. The lowest BCUT2D eigenvalue weighted by Crippen LogP contribution is -2.45. The van der Waals surface area contributed by atoms with Crippen LogP contribution in [-0.2, 0) is 14.9 Å². The molecule has 1 N–H and O–H groups in total. The molecule has 0 radical (unpaired) electrons. The average Bonchev–Trinajstić information content (AvgIpc) is 2.80. The summed E-state index contributed by atoms with van der Waals surface area (Å²) in [7, 11) is -3.27. The van der Waals surface area contributed by atoms with Crippen molar-refractivity contribution in [3.8, 4) is 0 Å². The SMILES string of the molecule is CC1CCN(S(=O)(=O)NCC2CCOC2)CC1. The van der Waals surface area contributed by atoms with Crippen LogP contribution in [0.1, 0.15) is 26.2 Å². The molecule has 0 spiro atoms. The van der Waals surface area contributed by atoms with Gasteiger partial charge in [-0.15, -0.1) is 0 Å². The van der Waals surface area contributed by atoms with Crippen LogP contribution in [0, 0.1) is 11.8 Å². The maximum Gasteiger partial charge on any atom is 0.279 e. The van der Waals surface area contributed by atoms with E-state index in [0.29, 0.717) is 38.1 Å². The minimum absolute atomic E-state index is 0.341. The molecule has 2 heterocycles. The van der Waals surface area contributed by atoms with Crippen molar-refractivity contribution < 1.29 is 13.2 Å². The molecule has 2 aliphatic heterocycles. The lowest BCUT2D eigenvalue weighted by Gasteiger charge is -2.29. The van der Waals surface area contributed by atoms with Crippen LogP contribution in [0.25, 0.3) is 0 Å². The van der Waals surface area contributed by atoms with Crippen LogP contribution in [-0.4, -0.2) is 45.6 Å². The molecule has 0 saturated carbocycles. The highest BCUT2D eigenvalue weighted by molar-refractivity contribution is 7.87. The van der Waals surface area contributed by atoms with Gasteiger partial charge in [-0.25, -0.2) is 4.72 Å². The Kier molecular flexibility index (Phi) is 4.41. The average molecular weight is 262 g/mol. The van der Waals surface area contributed by atoms with Gasteiger partial charge in [-0.05, 0) is 31.1 Å². The predicted molar refractivity (Wildman–Crippen MR) is 65.8 cm³/mol. The molecule has 2 rings (SSSR count). The number of nitrogens with zero attached hydrogens (tertiary/aromatic N) is 1. The zero-order valence-electron chi connectivity index (χ0n) is 10.4. The first-order valence-corrected chi connectivity index (χ1v) is 7.84. The van der Waals surface area contributed by atoms with E-state index in [1.54, 1.807) is 4.31 Å². The summed E-state index contributed by atoms with van der Waals surface area (Å²) in [4.78, 5) is 0. The summed E-state index contributed by atoms with van der Waals surface area (Å²) in [5.41, 5.74) is 0. The van der Waals surface area contributed by atoms with Crippen LogP contribution < -0.4 is 4.72 Å². The maximum atomic E-state index is 12.0. The second-order valence-corrected chi connectivity index (χ2v) is 6.92. The topological polar surface area (TPSA) is 58.6 Å². The molecule has 2 aliphatic rings. The zero-order chi connectivity index (χ0) is 12.3. The third-order valence-corrected chi connectivity index (χ3v) is 5.24. The number of ether oxygens (including phenoxy) is 1. The molecule has 2 saturated heterocycles. The number of hydrogen-bond acceptors (Lipinski definition) is 3. The van der Waals surface area contributed by atoms with Crippen molar-refractivity contribution in [2.75, 3.05) is 32.8 Å². The zero-order valence-corrected chi connectivity index (χ0v) is 11.2. The Morgan fingerprint density at radius 3 is 2.59 bits per heavy atom. The third-order valence-electron chi connectivity index (χ3n) is 3.66. The van der Waals surface area contributed by atoms with Gasteiger partial charge in [-0.2, -0.15) is 12.7 Å². The summed E-state index contributed by atoms with van der Waals surface area (Å²) in [5, 5.41) is 0. The normalized spacial score (nSPS) is 28.6. The largest absolute Gasteiger partial charge is 0.381 e. The molecule has 17 heavy (non-hydrogen) atoms. The van der Waals surface area contributed by atoms with Crippen molar-refractivity contribution in [1.29, 1.82) is 0 Å². The molecule has 1 atom stereocenters. The first-order chi connectivity index (χ1) is 8.08. The molecular weight excluding hydrogens is 240 g/mol. The Morgan fingerprint density at radius 2 is 2.00 bits per heavy atom. The molecule has 0 aromatic rings. The predicted octanol–water partition coefficient (Wildman–Crippen LogP) is 0.589. The highest BCUT2D eigenvalue weighted by Gasteiger charge is 2.27. The van der Waals surface area contributed by atoms with Crippen molar-refractivity contribution in [3.05, 3.63) is 0 Å². The van der Waals surface area contributed by atoms with E-state index in [4.69, 9.17) is 4.74 Å². The fourth-order valence-corrected chi connectivity index (χ4v) is 3.60. The number of rotatable bonds is 4. The summed E-state index contributed by atoms with van der Waals surface area (Å²) < 4.78 is 33.6. The van der Waals surface area contributed by atoms with Gasteiger partial charge in [0, 0.05) is 26.2 Å². The first-order valence-electron chi connectivity index (χ1n) is 6.40. The highest BCUT2D eigenvalue weighted by atomic mass is 32.2. The van der Waals surface area contributed by atoms with Crippen LogP contribution in [0.4, 0.5) is 0 Å². The molecule has 100 valence electrons. The van der Waals surface area contributed by atoms with Crippen molar-refractivity contribution in [3.63, 3.8) is 0 Å². The van der Waals surface area contributed by atoms with Gasteiger partial charge < -0.3 is 4.74 Å². The van der Waals surface area contributed by atoms with Crippen molar-refractivity contribution in [2.24, 2.45) is 11.8 Å². The van der Waals surface area contributed by atoms with Gasteiger partial charge in [0.2, 0.25) is 0 Å². The van der Waals surface area contributed by atoms with Crippen LogP contribution in [0.2, 0.25) is 0 Å². The molecule has 0 aromatic carbocycles. The van der Waals surface area contributed by atoms with E-state index in [1.165, 1.54) is 0 Å². The smallest absolute Gasteiger partial charge is 0.279 e. The van der Waals surface area contributed by atoms with Gasteiger partial charge in [0.15, 0.2) is 0 Å². The Bertz CT molecular complexity index is 331. The number of piperidine rings is 1. The summed E-state index contributed by atoms with van der Waals surface area (Å²) in [6, 6.07) is 0. The lowest BCUT2D eigenvalue weighted by molar-refractivity contribution is 0.186. The summed E-state index contributed by atoms with van der Waals surface area (Å²) in [5.74, 6) is 0.984. The van der Waals surface area contributed by atoms with E-state index in [2.05, 4.69) is 11.6 Å². The minimum Gasteiger partial charge on any atom is -0.381 e. The van der Waals surface area contributed by atoms with E-state index >= 15 is 0 Å². The second kappa shape index (κ2) is 5.65. The molecular formula is C11H22N2O3S. The summed E-state index contributed by atoms with van der Waals surface area (Å²) >= 11 is 0. The minimum atomic E-state index is -3.27. The fraction of sp³-hybridized carbons (Fsp3) is 1.00. The van der Waals surface area contributed by atoms with E-state index in [9.17, 15) is 8.42 Å². The molecule has 0 amide bonds. The molecule has 1 unspecified atom stereocenters. The van der Waals surface area contributed by atoms with Gasteiger partial charge in [0.05, 0.1) is 6.61 Å². The number of nitrogens with one attached hydrogen (secondary N) is 1. The monoisotopic (exact) mass is 262 g/mol. The third kappa shape index (κ3) is 3.64. The fourth-order valence-electron chi connectivity index (χ4n) is 2.28. The second-order valence-electron chi connectivity index (χ2n) is 5.16. The molecule has 0 aliphatic carbocycles. The summed E-state index contributed by atoms with van der Waals surface area (Å²) in [6.07, 6.45) is 2.89. The van der Waals surface area contributed by atoms with Gasteiger partial charge in [-0.3, -0.25) is 0 Å². The molecule has 5 nitrogen and oxygen atoms in total. The van der Waals surface area contributed by atoms with Crippen molar-refractivity contribution >= 4 is 10.2 Å². The van der Waals surface area contributed by atoms with Gasteiger partial charge in [0.1, 0.15) is 0 Å². The van der Waals surface area contributed by atoms with E-state index in [1.807, 2.05) is 0 Å². The Labute approximate surface area is 104 Å². The molecule has 0 aromatic heterocycles. The number of hydrogen-bond donors (Lipinski definition) is 1.